The summed E-state index contributed by atoms with van der Waals surface area (Å²) in [5.74, 6) is 0. The van der Waals surface area contributed by atoms with Gasteiger partial charge in [-0.1, -0.05) is 13.8 Å². The Kier molecular flexibility index (Phi) is 4.56. The Morgan fingerprint density at radius 2 is 1.90 bits per heavy atom. The molecule has 0 aliphatic carbocycles. The van der Waals surface area contributed by atoms with Crippen LogP contribution >= 0.6 is 0 Å². The summed E-state index contributed by atoms with van der Waals surface area (Å²) in [5.41, 5.74) is 6.40. The van der Waals surface area contributed by atoms with Gasteiger partial charge in [0.2, 0.25) is 0 Å². The molecule has 0 fully saturated rings. The van der Waals surface area contributed by atoms with Crippen molar-refractivity contribution in [2.75, 3.05) is 6.26 Å². The molecular formula is C7H15NOS. The summed E-state index contributed by atoms with van der Waals surface area (Å²) in [6.07, 6.45) is 3.26. The molecule has 0 rings (SSSR count). The van der Waals surface area contributed by atoms with E-state index < -0.39 is 11.2 Å². The normalized spacial score (nSPS) is 16.4. The average molecular weight is 161 g/mol. The van der Waals surface area contributed by atoms with Crippen LogP contribution in [-0.2, 0) is 11.2 Å². The fraction of sp³-hybridized carbons (Fsp3) is 0.714. The first-order valence-corrected chi connectivity index (χ1v) is 5.00. The average Bonchev–Trinajstić information content (AvgIpc) is 1.88. The Labute approximate surface area is 65.7 Å². The van der Waals surface area contributed by atoms with Gasteiger partial charge in [0.15, 0.2) is 0 Å². The van der Waals surface area contributed by atoms with Crippen molar-refractivity contribution in [1.82, 2.24) is 0 Å². The van der Waals surface area contributed by atoms with Crippen LogP contribution in [0.15, 0.2) is 10.6 Å². The lowest BCUT2D eigenvalue weighted by Gasteiger charge is -2.09. The van der Waals surface area contributed by atoms with Crippen LogP contribution in [-0.4, -0.2) is 10.8 Å². The first kappa shape index (κ1) is 9.85. The Hall–Kier alpha value is -0.150. The van der Waals surface area contributed by atoms with E-state index in [0.717, 1.165) is 23.4 Å². The molecule has 10 heavy (non-hydrogen) atoms. The lowest BCUT2D eigenvalue weighted by Crippen LogP contribution is -2.09. The van der Waals surface area contributed by atoms with E-state index in [1.165, 1.54) is 0 Å². The minimum atomic E-state index is -0.879. The summed E-state index contributed by atoms with van der Waals surface area (Å²) in [6, 6.07) is 0. The van der Waals surface area contributed by atoms with Gasteiger partial charge in [-0.3, -0.25) is 0 Å². The molecule has 0 saturated carbocycles. The van der Waals surface area contributed by atoms with Crippen molar-refractivity contribution in [2.45, 2.75) is 26.7 Å². The van der Waals surface area contributed by atoms with Gasteiger partial charge in [0.05, 0.1) is 5.70 Å². The summed E-state index contributed by atoms with van der Waals surface area (Å²) in [5, 5.41) is 0. The third kappa shape index (κ3) is 2.62. The zero-order valence-corrected chi connectivity index (χ0v) is 7.62. The van der Waals surface area contributed by atoms with Crippen molar-refractivity contribution >= 4 is 11.2 Å². The van der Waals surface area contributed by atoms with E-state index in [0.29, 0.717) is 0 Å². The number of allylic oxidation sites excluding steroid dienone is 2. The molecular weight excluding hydrogens is 146 g/mol. The summed E-state index contributed by atoms with van der Waals surface area (Å²) in [4.78, 5) is 0.891. The molecule has 0 bridgehead atoms. The number of hydrogen-bond donors (Lipinski definition) is 1. The van der Waals surface area contributed by atoms with Crippen molar-refractivity contribution in [3.05, 3.63) is 10.6 Å². The molecule has 0 spiro atoms. The first-order chi connectivity index (χ1) is 4.63. The van der Waals surface area contributed by atoms with Gasteiger partial charge in [-0.25, -0.2) is 0 Å². The third-order valence-corrected chi connectivity index (χ3v) is 2.65. The summed E-state index contributed by atoms with van der Waals surface area (Å²) in [7, 11) is 0. The van der Waals surface area contributed by atoms with E-state index >= 15 is 0 Å². The molecule has 3 heteroatoms. The number of hydrogen-bond acceptors (Lipinski definition) is 2. The van der Waals surface area contributed by atoms with Crippen LogP contribution in [0.2, 0.25) is 0 Å². The molecule has 0 aromatic heterocycles. The molecule has 0 aliphatic heterocycles. The van der Waals surface area contributed by atoms with Gasteiger partial charge in [-0.15, -0.1) is 0 Å². The zero-order chi connectivity index (χ0) is 8.15. The highest BCUT2D eigenvalue weighted by atomic mass is 32.2. The van der Waals surface area contributed by atoms with Crippen molar-refractivity contribution < 1.29 is 4.55 Å². The molecule has 2 N–H and O–H groups in total. The monoisotopic (exact) mass is 161 g/mol. The second-order valence-electron chi connectivity index (χ2n) is 2.11. The minimum absolute atomic E-state index is 0.781. The van der Waals surface area contributed by atoms with E-state index in [4.69, 9.17) is 5.73 Å². The maximum Gasteiger partial charge on any atom is 0.147 e. The molecule has 0 aliphatic rings. The Morgan fingerprint density at radius 1 is 1.40 bits per heavy atom. The molecule has 1 unspecified atom stereocenters. The largest absolute Gasteiger partial charge is 0.612 e. The predicted octanol–water partition coefficient (Wildman–Crippen LogP) is 1.36. The first-order valence-electron chi connectivity index (χ1n) is 3.44. The second-order valence-corrected chi connectivity index (χ2v) is 3.51. The van der Waals surface area contributed by atoms with Crippen LogP contribution in [0.1, 0.15) is 26.7 Å². The standard InChI is InChI=1S/C7H15NOS/c1-4-6(8)7(5-2)10(3)9/h4-5,8H2,1-3H3/b7-6-. The zero-order valence-electron chi connectivity index (χ0n) is 6.81. The van der Waals surface area contributed by atoms with Gasteiger partial charge < -0.3 is 10.3 Å². The topological polar surface area (TPSA) is 49.1 Å². The van der Waals surface area contributed by atoms with Crippen LogP contribution in [0.5, 0.6) is 0 Å². The maximum absolute atomic E-state index is 10.9. The molecule has 0 radical (unpaired) electrons. The van der Waals surface area contributed by atoms with E-state index in [1.807, 2.05) is 13.8 Å². The molecule has 0 saturated heterocycles. The lowest BCUT2D eigenvalue weighted by atomic mass is 10.3. The predicted molar refractivity (Wildman–Crippen MR) is 45.9 cm³/mol. The molecule has 0 amide bonds. The fourth-order valence-corrected chi connectivity index (χ4v) is 1.73. The van der Waals surface area contributed by atoms with Crippen molar-refractivity contribution in [2.24, 2.45) is 5.73 Å². The smallest absolute Gasteiger partial charge is 0.147 e. The molecule has 0 aromatic rings. The van der Waals surface area contributed by atoms with Crippen LogP contribution in [0.3, 0.4) is 0 Å². The maximum atomic E-state index is 10.9. The molecule has 0 heterocycles. The number of rotatable bonds is 3. The van der Waals surface area contributed by atoms with Crippen LogP contribution in [0, 0.1) is 0 Å². The highest BCUT2D eigenvalue weighted by Gasteiger charge is 2.09. The van der Waals surface area contributed by atoms with E-state index in [9.17, 15) is 4.55 Å². The Balaban J connectivity index is 4.29. The highest BCUT2D eigenvalue weighted by molar-refractivity contribution is 7.94. The van der Waals surface area contributed by atoms with Gasteiger partial charge in [-0.2, -0.15) is 0 Å². The minimum Gasteiger partial charge on any atom is -0.612 e. The van der Waals surface area contributed by atoms with Gasteiger partial charge in [-0.05, 0) is 17.6 Å². The fourth-order valence-electron chi connectivity index (χ4n) is 0.812. The van der Waals surface area contributed by atoms with Crippen LogP contribution in [0.25, 0.3) is 0 Å². The van der Waals surface area contributed by atoms with E-state index in [-0.39, 0.29) is 0 Å². The number of nitrogens with two attached hydrogens (primary N) is 1. The van der Waals surface area contributed by atoms with Crippen molar-refractivity contribution in [1.29, 1.82) is 0 Å². The van der Waals surface area contributed by atoms with Gasteiger partial charge in [0.1, 0.15) is 11.2 Å². The Bertz CT molecular complexity index is 132. The SMILES string of the molecule is CC/C(N)=C(\CC)[S+](C)[O-]. The molecule has 1 atom stereocenters. The summed E-state index contributed by atoms with van der Waals surface area (Å²) < 4.78 is 10.9. The van der Waals surface area contributed by atoms with E-state index in [2.05, 4.69) is 0 Å². The summed E-state index contributed by atoms with van der Waals surface area (Å²) >= 11 is -0.879. The van der Waals surface area contributed by atoms with E-state index in [1.54, 1.807) is 6.26 Å². The second kappa shape index (κ2) is 4.63. The quantitative estimate of drug-likeness (QED) is 0.635. The highest BCUT2D eigenvalue weighted by Crippen LogP contribution is 2.13. The molecule has 2 nitrogen and oxygen atoms in total. The molecule has 0 aromatic carbocycles. The summed E-state index contributed by atoms with van der Waals surface area (Å²) in [6.45, 7) is 3.94. The van der Waals surface area contributed by atoms with Gasteiger partial charge in [0, 0.05) is 6.42 Å². The van der Waals surface area contributed by atoms with Crippen LogP contribution in [0.4, 0.5) is 0 Å². The third-order valence-electron chi connectivity index (χ3n) is 1.41. The van der Waals surface area contributed by atoms with Crippen LogP contribution < -0.4 is 5.73 Å². The van der Waals surface area contributed by atoms with Crippen molar-refractivity contribution in [3.63, 3.8) is 0 Å². The van der Waals surface area contributed by atoms with Gasteiger partial charge in [0.25, 0.3) is 0 Å². The lowest BCUT2D eigenvalue weighted by molar-refractivity contribution is 0.604. The molecule has 60 valence electrons. The Morgan fingerprint density at radius 3 is 2.00 bits per heavy atom. The van der Waals surface area contributed by atoms with Crippen molar-refractivity contribution in [3.8, 4) is 0 Å². The van der Waals surface area contributed by atoms with Gasteiger partial charge >= 0.3 is 0 Å².